The summed E-state index contributed by atoms with van der Waals surface area (Å²) in [5.74, 6) is 0.0648. The second-order valence-corrected chi connectivity index (χ2v) is 2.60. The van der Waals surface area contributed by atoms with Gasteiger partial charge in [-0.1, -0.05) is 17.7 Å². The highest BCUT2D eigenvalue weighted by molar-refractivity contribution is 6.33. The molecular weight excluding hydrogens is 194 g/mol. The van der Waals surface area contributed by atoms with Gasteiger partial charge in [0.2, 0.25) is 0 Å². The molecule has 0 saturated carbocycles. The molecule has 0 unspecified atom stereocenters. The van der Waals surface area contributed by atoms with Gasteiger partial charge in [0, 0.05) is 0 Å². The SMILES string of the molecule is NC(=O)Oc1cccc(Cl)c1C=O. The van der Waals surface area contributed by atoms with Crippen molar-refractivity contribution in [2.75, 3.05) is 0 Å². The number of rotatable bonds is 2. The van der Waals surface area contributed by atoms with E-state index in [9.17, 15) is 9.59 Å². The summed E-state index contributed by atoms with van der Waals surface area (Å²) in [5, 5.41) is 0.216. The van der Waals surface area contributed by atoms with Gasteiger partial charge in [-0.25, -0.2) is 4.79 Å². The molecule has 0 aliphatic heterocycles. The molecule has 0 spiro atoms. The number of benzene rings is 1. The molecule has 0 atom stereocenters. The highest BCUT2D eigenvalue weighted by Gasteiger charge is 2.08. The van der Waals surface area contributed by atoms with Crippen molar-refractivity contribution in [3.8, 4) is 5.75 Å². The summed E-state index contributed by atoms with van der Waals surface area (Å²) in [4.78, 5) is 20.9. The number of carbonyl (C=O) groups is 2. The van der Waals surface area contributed by atoms with E-state index in [4.69, 9.17) is 17.3 Å². The summed E-state index contributed by atoms with van der Waals surface area (Å²) < 4.78 is 4.54. The predicted octanol–water partition coefficient (Wildman–Crippen LogP) is 1.61. The van der Waals surface area contributed by atoms with Crippen molar-refractivity contribution >= 4 is 24.0 Å². The molecule has 0 aromatic heterocycles. The number of hydrogen-bond acceptors (Lipinski definition) is 3. The number of ether oxygens (including phenoxy) is 1. The maximum absolute atomic E-state index is 10.5. The van der Waals surface area contributed by atoms with Gasteiger partial charge in [0.15, 0.2) is 6.29 Å². The van der Waals surface area contributed by atoms with E-state index in [0.29, 0.717) is 6.29 Å². The molecule has 0 radical (unpaired) electrons. The Hall–Kier alpha value is -1.55. The maximum atomic E-state index is 10.5. The standard InChI is InChI=1S/C8H6ClNO3/c9-6-2-1-3-7(5(6)4-11)13-8(10)12/h1-4H,(H2,10,12). The van der Waals surface area contributed by atoms with Crippen LogP contribution in [0, 0.1) is 0 Å². The minimum Gasteiger partial charge on any atom is -0.410 e. The number of nitrogens with two attached hydrogens (primary N) is 1. The minimum absolute atomic E-state index is 0.0648. The van der Waals surface area contributed by atoms with Crippen LogP contribution in [0.3, 0.4) is 0 Å². The van der Waals surface area contributed by atoms with E-state index < -0.39 is 6.09 Å². The first-order valence-electron chi connectivity index (χ1n) is 3.36. The number of carbonyl (C=O) groups excluding carboxylic acids is 2. The number of halogens is 1. The molecule has 1 aromatic carbocycles. The average molecular weight is 200 g/mol. The Balaban J connectivity index is 3.12. The lowest BCUT2D eigenvalue weighted by molar-refractivity contribution is 0.112. The van der Waals surface area contributed by atoms with Gasteiger partial charge in [-0.2, -0.15) is 0 Å². The molecule has 0 aliphatic rings. The topological polar surface area (TPSA) is 69.4 Å². The number of primary amides is 1. The highest BCUT2D eigenvalue weighted by Crippen LogP contribution is 2.24. The largest absolute Gasteiger partial charge is 0.410 e. The molecule has 68 valence electrons. The van der Waals surface area contributed by atoms with E-state index in [1.165, 1.54) is 12.1 Å². The summed E-state index contributed by atoms with van der Waals surface area (Å²) in [5.41, 5.74) is 4.89. The first kappa shape index (κ1) is 9.54. The summed E-state index contributed by atoms with van der Waals surface area (Å²) >= 11 is 5.65. The van der Waals surface area contributed by atoms with Crippen LogP contribution in [0.25, 0.3) is 0 Å². The number of amides is 1. The van der Waals surface area contributed by atoms with Crippen LogP contribution in [-0.4, -0.2) is 12.4 Å². The fraction of sp³-hybridized carbons (Fsp3) is 0. The van der Waals surface area contributed by atoms with Crippen molar-refractivity contribution in [3.05, 3.63) is 28.8 Å². The molecule has 1 rings (SSSR count). The van der Waals surface area contributed by atoms with E-state index >= 15 is 0 Å². The first-order chi connectivity index (χ1) is 6.15. The lowest BCUT2D eigenvalue weighted by Crippen LogP contribution is -2.17. The van der Waals surface area contributed by atoms with Gasteiger partial charge < -0.3 is 10.5 Å². The van der Waals surface area contributed by atoms with E-state index in [1.807, 2.05) is 0 Å². The van der Waals surface area contributed by atoms with E-state index in [-0.39, 0.29) is 16.3 Å². The van der Waals surface area contributed by atoms with Crippen molar-refractivity contribution in [1.29, 1.82) is 0 Å². The molecule has 2 N–H and O–H groups in total. The normalized spacial score (nSPS) is 9.31. The van der Waals surface area contributed by atoms with Crippen molar-refractivity contribution in [2.24, 2.45) is 5.73 Å². The predicted molar refractivity (Wildman–Crippen MR) is 47.1 cm³/mol. The fourth-order valence-corrected chi connectivity index (χ4v) is 1.04. The van der Waals surface area contributed by atoms with Crippen molar-refractivity contribution in [3.63, 3.8) is 0 Å². The van der Waals surface area contributed by atoms with Gasteiger partial charge in [-0.15, -0.1) is 0 Å². The second-order valence-electron chi connectivity index (χ2n) is 2.19. The third kappa shape index (κ3) is 2.19. The van der Waals surface area contributed by atoms with Crippen LogP contribution in [0.5, 0.6) is 5.75 Å². The highest BCUT2D eigenvalue weighted by atomic mass is 35.5. The Morgan fingerprint density at radius 1 is 1.54 bits per heavy atom. The quantitative estimate of drug-likeness (QED) is 0.736. The van der Waals surface area contributed by atoms with Crippen LogP contribution in [0.2, 0.25) is 5.02 Å². The second kappa shape index (κ2) is 3.91. The van der Waals surface area contributed by atoms with Crippen molar-refractivity contribution in [1.82, 2.24) is 0 Å². The van der Waals surface area contributed by atoms with Crippen LogP contribution in [0.15, 0.2) is 18.2 Å². The van der Waals surface area contributed by atoms with Crippen LogP contribution in [-0.2, 0) is 0 Å². The molecular formula is C8H6ClNO3. The van der Waals surface area contributed by atoms with Gasteiger partial charge in [0.05, 0.1) is 10.6 Å². The molecule has 5 heteroatoms. The molecule has 0 saturated heterocycles. The minimum atomic E-state index is -0.981. The maximum Gasteiger partial charge on any atom is 0.409 e. The zero-order valence-corrected chi connectivity index (χ0v) is 7.25. The average Bonchev–Trinajstić information content (AvgIpc) is 2.03. The Morgan fingerprint density at radius 3 is 2.77 bits per heavy atom. The third-order valence-corrected chi connectivity index (χ3v) is 1.67. The number of aldehydes is 1. The van der Waals surface area contributed by atoms with Gasteiger partial charge >= 0.3 is 6.09 Å². The summed E-state index contributed by atoms with van der Waals surface area (Å²) in [6.45, 7) is 0. The summed E-state index contributed by atoms with van der Waals surface area (Å²) in [6, 6.07) is 4.49. The molecule has 13 heavy (non-hydrogen) atoms. The van der Waals surface area contributed by atoms with Crippen LogP contribution < -0.4 is 10.5 Å². The summed E-state index contributed by atoms with van der Waals surface area (Å²) in [6.07, 6.45) is -0.481. The van der Waals surface area contributed by atoms with Crippen molar-refractivity contribution < 1.29 is 14.3 Å². The van der Waals surface area contributed by atoms with Gasteiger partial charge in [0.25, 0.3) is 0 Å². The van der Waals surface area contributed by atoms with E-state index in [0.717, 1.165) is 0 Å². The Bertz CT molecular complexity index is 351. The molecule has 4 nitrogen and oxygen atoms in total. The van der Waals surface area contributed by atoms with Gasteiger partial charge in [-0.05, 0) is 12.1 Å². The molecule has 0 aliphatic carbocycles. The van der Waals surface area contributed by atoms with Crippen LogP contribution in [0.4, 0.5) is 4.79 Å². The molecule has 0 fully saturated rings. The molecule has 1 aromatic rings. The summed E-state index contributed by atoms with van der Waals surface area (Å²) in [7, 11) is 0. The third-order valence-electron chi connectivity index (χ3n) is 1.34. The lowest BCUT2D eigenvalue weighted by Gasteiger charge is -2.04. The molecule has 0 bridgehead atoms. The Morgan fingerprint density at radius 2 is 2.23 bits per heavy atom. The van der Waals surface area contributed by atoms with Gasteiger partial charge in [0.1, 0.15) is 5.75 Å². The number of hydrogen-bond donors (Lipinski definition) is 1. The van der Waals surface area contributed by atoms with Crippen molar-refractivity contribution in [2.45, 2.75) is 0 Å². The zero-order chi connectivity index (χ0) is 9.84. The Kier molecular flexibility index (Phi) is 2.87. The van der Waals surface area contributed by atoms with Crippen LogP contribution in [0.1, 0.15) is 10.4 Å². The molecule has 0 heterocycles. The Labute approximate surface area is 79.2 Å². The van der Waals surface area contributed by atoms with E-state index in [1.54, 1.807) is 6.07 Å². The fourth-order valence-electron chi connectivity index (χ4n) is 0.829. The smallest absolute Gasteiger partial charge is 0.409 e. The van der Waals surface area contributed by atoms with Crippen LogP contribution >= 0.6 is 11.6 Å². The van der Waals surface area contributed by atoms with Gasteiger partial charge in [-0.3, -0.25) is 4.79 Å². The van der Waals surface area contributed by atoms with E-state index in [2.05, 4.69) is 4.74 Å². The zero-order valence-electron chi connectivity index (χ0n) is 6.49. The monoisotopic (exact) mass is 199 g/mol. The first-order valence-corrected chi connectivity index (χ1v) is 3.74. The lowest BCUT2D eigenvalue weighted by atomic mass is 10.2. The molecule has 1 amide bonds.